The van der Waals surface area contributed by atoms with Crippen LogP contribution in [0.1, 0.15) is 30.7 Å². The molecule has 10 nitrogen and oxygen atoms in total. The van der Waals surface area contributed by atoms with Gasteiger partial charge in [0, 0.05) is 19.2 Å². The predicted octanol–water partition coefficient (Wildman–Crippen LogP) is 0.603. The quantitative estimate of drug-likeness (QED) is 0.506. The van der Waals surface area contributed by atoms with Gasteiger partial charge in [0.25, 0.3) is 0 Å². The number of sulfone groups is 1. The van der Waals surface area contributed by atoms with Crippen LogP contribution in [0.2, 0.25) is 0 Å². The molecule has 11 heteroatoms. The van der Waals surface area contributed by atoms with Gasteiger partial charge in [-0.15, -0.1) is 0 Å². The first-order valence-electron chi connectivity index (χ1n) is 8.98. The van der Waals surface area contributed by atoms with Crippen LogP contribution in [0.15, 0.2) is 0 Å². The molecular weight excluding hydrogens is 376 g/mol. The summed E-state index contributed by atoms with van der Waals surface area (Å²) in [7, 11) is -3.15. The smallest absolute Gasteiger partial charge is 0.312 e. The maximum Gasteiger partial charge on any atom is 0.312 e. The Balaban J connectivity index is 1.80. The Hall–Kier alpha value is -2.01. The zero-order valence-corrected chi connectivity index (χ0v) is 16.3. The molecule has 150 valence electrons. The van der Waals surface area contributed by atoms with E-state index in [9.17, 15) is 23.3 Å². The van der Waals surface area contributed by atoms with E-state index in [0.29, 0.717) is 25.3 Å². The molecule has 0 aromatic carbocycles. The van der Waals surface area contributed by atoms with E-state index in [4.69, 9.17) is 4.74 Å². The molecule has 2 fully saturated rings. The van der Waals surface area contributed by atoms with Crippen LogP contribution in [0.3, 0.4) is 0 Å². The fourth-order valence-electron chi connectivity index (χ4n) is 3.81. The van der Waals surface area contributed by atoms with E-state index < -0.39 is 20.8 Å². The molecule has 0 radical (unpaired) electrons. The lowest BCUT2D eigenvalue weighted by Gasteiger charge is -2.30. The summed E-state index contributed by atoms with van der Waals surface area (Å²) in [5, 5.41) is 15.3. The SMILES string of the molecule is Cc1nn(CC(=O)N(C[C@H]2CCCO2)[C@H]2CCS(=O)(=O)C2)c(C)c1[N+](=O)[O-]. The molecule has 0 aliphatic carbocycles. The van der Waals surface area contributed by atoms with Gasteiger partial charge in [-0.2, -0.15) is 5.10 Å². The van der Waals surface area contributed by atoms with Crippen molar-refractivity contribution in [3.63, 3.8) is 0 Å². The maximum atomic E-state index is 13.0. The topological polar surface area (TPSA) is 125 Å². The summed E-state index contributed by atoms with van der Waals surface area (Å²) < 4.78 is 30.7. The van der Waals surface area contributed by atoms with Crippen LogP contribution in [0, 0.1) is 24.0 Å². The maximum absolute atomic E-state index is 13.0. The Labute approximate surface area is 157 Å². The average Bonchev–Trinajstić information content (AvgIpc) is 3.26. The summed E-state index contributed by atoms with van der Waals surface area (Å²) in [5.41, 5.74) is 0.457. The Morgan fingerprint density at radius 3 is 2.67 bits per heavy atom. The number of aryl methyl sites for hydroxylation is 1. The van der Waals surface area contributed by atoms with E-state index in [1.165, 1.54) is 11.6 Å². The fourth-order valence-corrected chi connectivity index (χ4v) is 5.54. The molecule has 0 spiro atoms. The Bertz CT molecular complexity index is 843. The molecular formula is C16H24N4O6S. The second-order valence-electron chi connectivity index (χ2n) is 7.17. The standard InChI is InChI=1S/C16H24N4O6S/c1-11-16(20(22)23)12(2)19(17-11)9-15(21)18(8-14-4-3-6-26-14)13-5-7-27(24,25)10-13/h13-14H,3-10H2,1-2H3/t13-,14+/m0/s1. The van der Waals surface area contributed by atoms with E-state index in [-0.39, 0.29) is 41.4 Å². The summed E-state index contributed by atoms with van der Waals surface area (Å²) in [5.74, 6) is -0.283. The van der Waals surface area contributed by atoms with Gasteiger partial charge in [0.1, 0.15) is 17.9 Å². The minimum atomic E-state index is -3.15. The molecule has 3 heterocycles. The summed E-state index contributed by atoms with van der Waals surface area (Å²) in [6, 6.07) is -0.390. The van der Waals surface area contributed by atoms with Crippen molar-refractivity contribution in [1.82, 2.24) is 14.7 Å². The molecule has 27 heavy (non-hydrogen) atoms. The molecule has 1 aromatic heterocycles. The predicted molar refractivity (Wildman–Crippen MR) is 96.1 cm³/mol. The zero-order valence-electron chi connectivity index (χ0n) is 15.5. The number of carbonyl (C=O) groups is 1. The van der Waals surface area contributed by atoms with Crippen LogP contribution in [0.4, 0.5) is 5.69 Å². The van der Waals surface area contributed by atoms with Gasteiger partial charge in [-0.05, 0) is 33.1 Å². The molecule has 1 amide bonds. The minimum Gasteiger partial charge on any atom is -0.376 e. The first-order chi connectivity index (χ1) is 12.7. The van der Waals surface area contributed by atoms with E-state index in [2.05, 4.69) is 5.10 Å². The molecule has 2 atom stereocenters. The van der Waals surface area contributed by atoms with Gasteiger partial charge < -0.3 is 9.64 Å². The Kier molecular flexibility index (Phi) is 5.52. The van der Waals surface area contributed by atoms with Crippen LogP contribution in [0.5, 0.6) is 0 Å². The van der Waals surface area contributed by atoms with E-state index in [1.807, 2.05) is 0 Å². The summed E-state index contributed by atoms with van der Waals surface area (Å²) in [6.45, 7) is 3.89. The third kappa shape index (κ3) is 4.29. The average molecular weight is 400 g/mol. The highest BCUT2D eigenvalue weighted by atomic mass is 32.2. The van der Waals surface area contributed by atoms with Crippen LogP contribution >= 0.6 is 0 Å². The van der Waals surface area contributed by atoms with Crippen molar-refractivity contribution in [1.29, 1.82) is 0 Å². The third-order valence-electron chi connectivity index (χ3n) is 5.20. The normalized spacial score (nSPS) is 24.2. The lowest BCUT2D eigenvalue weighted by atomic mass is 10.1. The molecule has 3 rings (SSSR count). The van der Waals surface area contributed by atoms with Gasteiger partial charge >= 0.3 is 5.69 Å². The van der Waals surface area contributed by atoms with Crippen LogP contribution < -0.4 is 0 Å². The van der Waals surface area contributed by atoms with Crippen molar-refractivity contribution in [3.05, 3.63) is 21.5 Å². The molecule has 2 aliphatic rings. The molecule has 0 bridgehead atoms. The molecule has 0 saturated carbocycles. The summed E-state index contributed by atoms with van der Waals surface area (Å²) in [4.78, 5) is 25.2. The Morgan fingerprint density at radius 2 is 2.15 bits per heavy atom. The minimum absolute atomic E-state index is 0.0529. The fraction of sp³-hybridized carbons (Fsp3) is 0.750. The highest BCUT2D eigenvalue weighted by Crippen LogP contribution is 2.24. The molecule has 2 saturated heterocycles. The highest BCUT2D eigenvalue weighted by Gasteiger charge is 2.37. The summed E-state index contributed by atoms with van der Waals surface area (Å²) in [6.07, 6.45) is 2.04. The number of aromatic nitrogens is 2. The van der Waals surface area contributed by atoms with Crippen LogP contribution in [-0.4, -0.2) is 70.7 Å². The molecule has 0 N–H and O–H groups in total. The lowest BCUT2D eigenvalue weighted by Crippen LogP contribution is -2.46. The second-order valence-corrected chi connectivity index (χ2v) is 9.40. The van der Waals surface area contributed by atoms with Gasteiger partial charge in [0.15, 0.2) is 9.84 Å². The van der Waals surface area contributed by atoms with E-state index in [1.54, 1.807) is 11.8 Å². The van der Waals surface area contributed by atoms with Crippen molar-refractivity contribution in [2.75, 3.05) is 24.7 Å². The molecule has 1 aromatic rings. The number of carbonyl (C=O) groups excluding carboxylic acids is 1. The number of amides is 1. The van der Waals surface area contributed by atoms with Gasteiger partial charge in [-0.1, -0.05) is 0 Å². The third-order valence-corrected chi connectivity index (χ3v) is 6.96. The van der Waals surface area contributed by atoms with Crippen molar-refractivity contribution in [3.8, 4) is 0 Å². The van der Waals surface area contributed by atoms with Crippen LogP contribution in [0.25, 0.3) is 0 Å². The number of nitrogens with zero attached hydrogens (tertiary/aromatic N) is 4. The van der Waals surface area contributed by atoms with Crippen molar-refractivity contribution >= 4 is 21.4 Å². The molecule has 2 aliphatic heterocycles. The van der Waals surface area contributed by atoms with Gasteiger partial charge in [0.2, 0.25) is 5.91 Å². The monoisotopic (exact) mass is 400 g/mol. The summed E-state index contributed by atoms with van der Waals surface area (Å²) >= 11 is 0. The number of hydrogen-bond acceptors (Lipinski definition) is 7. The lowest BCUT2D eigenvalue weighted by molar-refractivity contribution is -0.386. The van der Waals surface area contributed by atoms with E-state index >= 15 is 0 Å². The van der Waals surface area contributed by atoms with Crippen molar-refractivity contribution in [2.45, 2.75) is 51.8 Å². The highest BCUT2D eigenvalue weighted by molar-refractivity contribution is 7.91. The molecule has 0 unspecified atom stereocenters. The van der Waals surface area contributed by atoms with Crippen molar-refractivity contribution in [2.24, 2.45) is 0 Å². The first-order valence-corrected chi connectivity index (χ1v) is 10.8. The first kappa shape index (κ1) is 19.7. The largest absolute Gasteiger partial charge is 0.376 e. The van der Waals surface area contributed by atoms with E-state index in [0.717, 1.165) is 12.8 Å². The van der Waals surface area contributed by atoms with Crippen LogP contribution in [-0.2, 0) is 25.9 Å². The van der Waals surface area contributed by atoms with Gasteiger partial charge in [-0.3, -0.25) is 19.6 Å². The number of rotatable bonds is 6. The number of nitro groups is 1. The number of hydrogen-bond donors (Lipinski definition) is 0. The van der Waals surface area contributed by atoms with Gasteiger partial charge in [-0.25, -0.2) is 8.42 Å². The number of ether oxygens (including phenoxy) is 1. The second kappa shape index (κ2) is 7.55. The van der Waals surface area contributed by atoms with Gasteiger partial charge in [0.05, 0.1) is 22.5 Å². The van der Waals surface area contributed by atoms with Crippen molar-refractivity contribution < 1.29 is 22.9 Å². The zero-order chi connectivity index (χ0) is 19.8. The Morgan fingerprint density at radius 1 is 1.41 bits per heavy atom.